The van der Waals surface area contributed by atoms with Gasteiger partial charge in [-0.1, -0.05) is 29.8 Å². The summed E-state index contributed by atoms with van der Waals surface area (Å²) in [5.41, 5.74) is -3.11. The molecule has 0 unspecified atom stereocenters. The number of alkyl halides is 4. The molecule has 16 heteroatoms. The lowest BCUT2D eigenvalue weighted by Gasteiger charge is -2.31. The number of likely N-dealkylation sites (N-methyl/N-ethyl adjacent to an activating group) is 1. The lowest BCUT2D eigenvalue weighted by Crippen LogP contribution is -2.43. The molecule has 1 aromatic carbocycles. The molecule has 0 spiro atoms. The third-order valence-corrected chi connectivity index (χ3v) is 10.2. The van der Waals surface area contributed by atoms with Crippen LogP contribution in [0.2, 0.25) is 5.02 Å². The van der Waals surface area contributed by atoms with Gasteiger partial charge in [0.2, 0.25) is 0 Å². The minimum absolute atomic E-state index is 0.0156. The van der Waals surface area contributed by atoms with E-state index in [1.165, 1.54) is 23.4 Å². The molecule has 7 rings (SSSR count). The Labute approximate surface area is 293 Å². The summed E-state index contributed by atoms with van der Waals surface area (Å²) in [6, 6.07) is 7.60. The van der Waals surface area contributed by atoms with Gasteiger partial charge in [-0.2, -0.15) is 23.1 Å². The van der Waals surface area contributed by atoms with Crippen molar-refractivity contribution in [1.29, 1.82) is 0 Å². The van der Waals surface area contributed by atoms with Crippen LogP contribution in [0.3, 0.4) is 0 Å². The second kappa shape index (κ2) is 13.6. The van der Waals surface area contributed by atoms with Crippen LogP contribution in [-0.4, -0.2) is 93.2 Å². The van der Waals surface area contributed by atoms with Crippen molar-refractivity contribution in [1.82, 2.24) is 29.7 Å². The van der Waals surface area contributed by atoms with Gasteiger partial charge in [-0.15, -0.1) is 0 Å². The number of rotatable bonds is 8. The standard InChI is InChI=1S/C35H32ClF6N7O2/c1-47(22-9-13-48(18-22)32(50)26(38)14-21-6-2-3-11-43-21)31-24-16-44-29(23-7-4-8-25(36)27(23)35(40,41)42)28(39)30(24)45-33(46-31)51-19-34-10-5-12-49(34)17-20(37)15-34/h2-4,6-8,11,14,16,20,22H,5,9-10,12-13,15,17-19H2,1H3/b26-14-/t20-,22-,34+/m1/s1. The number of ether oxygens (including phenoxy) is 1. The van der Waals surface area contributed by atoms with E-state index in [1.807, 2.05) is 4.90 Å². The molecule has 0 radical (unpaired) electrons. The SMILES string of the molecule is CN(c1nc(OC[C@@]23CCCN2C[C@H](F)C3)nc2c(F)c(-c3cccc(Cl)c3C(F)(F)F)ncc12)[C@@H]1CCN(C(=O)/C(F)=C/c2ccccn2)C1. The molecule has 4 aromatic rings. The third kappa shape index (κ3) is 6.68. The maximum absolute atomic E-state index is 16.5. The van der Waals surface area contributed by atoms with Crippen LogP contribution in [0.4, 0.5) is 32.2 Å². The number of anilines is 1. The number of pyridine rings is 2. The van der Waals surface area contributed by atoms with Crippen molar-refractivity contribution in [2.75, 3.05) is 44.7 Å². The summed E-state index contributed by atoms with van der Waals surface area (Å²) in [6.07, 6.45) is -0.0566. The quantitative estimate of drug-likeness (QED) is 0.143. The van der Waals surface area contributed by atoms with Crippen LogP contribution in [0.5, 0.6) is 6.01 Å². The number of hydrogen-bond donors (Lipinski definition) is 0. The number of likely N-dealkylation sites (tertiary alicyclic amines) is 1. The van der Waals surface area contributed by atoms with E-state index in [0.717, 1.165) is 24.6 Å². The Morgan fingerprint density at radius 3 is 2.73 bits per heavy atom. The van der Waals surface area contributed by atoms with E-state index in [4.69, 9.17) is 16.3 Å². The summed E-state index contributed by atoms with van der Waals surface area (Å²) in [6.45, 7) is 1.28. The average Bonchev–Trinajstić information content (AvgIpc) is 3.81. The zero-order chi connectivity index (χ0) is 36.1. The normalized spacial score (nSPS) is 22.5. The van der Waals surface area contributed by atoms with E-state index in [1.54, 1.807) is 30.1 Å². The first kappa shape index (κ1) is 34.9. The van der Waals surface area contributed by atoms with Crippen molar-refractivity contribution in [3.63, 3.8) is 0 Å². The fourth-order valence-electron chi connectivity index (χ4n) is 7.42. The minimum atomic E-state index is -4.91. The highest BCUT2D eigenvalue weighted by Crippen LogP contribution is 2.44. The number of carbonyl (C=O) groups is 1. The smallest absolute Gasteiger partial charge is 0.418 e. The lowest BCUT2D eigenvalue weighted by atomic mass is 9.95. The van der Waals surface area contributed by atoms with Gasteiger partial charge in [0, 0.05) is 63.2 Å². The van der Waals surface area contributed by atoms with Gasteiger partial charge in [-0.05, 0) is 44.0 Å². The fourth-order valence-corrected chi connectivity index (χ4v) is 7.70. The van der Waals surface area contributed by atoms with Crippen molar-refractivity contribution in [2.24, 2.45) is 0 Å². The molecule has 0 N–H and O–H groups in total. The lowest BCUT2D eigenvalue weighted by molar-refractivity contribution is -0.137. The predicted molar refractivity (Wildman–Crippen MR) is 178 cm³/mol. The Kier molecular flexibility index (Phi) is 9.29. The van der Waals surface area contributed by atoms with Crippen molar-refractivity contribution in [3.8, 4) is 17.3 Å². The van der Waals surface area contributed by atoms with Crippen molar-refractivity contribution >= 4 is 40.3 Å². The van der Waals surface area contributed by atoms with Crippen LogP contribution in [0, 0.1) is 5.82 Å². The van der Waals surface area contributed by atoms with Gasteiger partial charge in [0.25, 0.3) is 5.91 Å². The number of fused-ring (bicyclic) bond motifs is 2. The molecule has 9 nitrogen and oxygen atoms in total. The maximum atomic E-state index is 16.5. The molecule has 3 saturated heterocycles. The number of nitrogens with zero attached hydrogens (tertiary/aromatic N) is 7. The summed E-state index contributed by atoms with van der Waals surface area (Å²) < 4.78 is 94.3. The average molecular weight is 732 g/mol. The number of carbonyl (C=O) groups excluding carboxylic acids is 1. The molecule has 3 atom stereocenters. The van der Waals surface area contributed by atoms with Crippen LogP contribution in [0.25, 0.3) is 28.2 Å². The molecular weight excluding hydrogens is 700 g/mol. The topological polar surface area (TPSA) is 87.6 Å². The predicted octanol–water partition coefficient (Wildman–Crippen LogP) is 6.90. The minimum Gasteiger partial charge on any atom is -0.461 e. The first-order valence-electron chi connectivity index (χ1n) is 16.4. The number of aromatic nitrogens is 4. The number of hydrogen-bond acceptors (Lipinski definition) is 8. The van der Waals surface area contributed by atoms with E-state index in [9.17, 15) is 26.7 Å². The van der Waals surface area contributed by atoms with Gasteiger partial charge in [0.05, 0.1) is 27.2 Å². The van der Waals surface area contributed by atoms with E-state index in [0.29, 0.717) is 19.4 Å². The largest absolute Gasteiger partial charge is 0.461 e. The second-order valence-corrected chi connectivity index (χ2v) is 13.5. The first-order chi connectivity index (χ1) is 24.3. The van der Waals surface area contributed by atoms with Crippen molar-refractivity contribution in [3.05, 3.63) is 76.7 Å². The summed E-state index contributed by atoms with van der Waals surface area (Å²) in [5.74, 6) is -2.83. The van der Waals surface area contributed by atoms with Gasteiger partial charge in [-0.25, -0.2) is 13.2 Å². The van der Waals surface area contributed by atoms with Gasteiger partial charge < -0.3 is 14.5 Å². The molecule has 1 amide bonds. The fraction of sp³-hybridized carbons (Fsp3) is 0.400. The van der Waals surface area contributed by atoms with Gasteiger partial charge in [0.1, 0.15) is 29.8 Å². The molecule has 3 aliphatic heterocycles. The van der Waals surface area contributed by atoms with Crippen LogP contribution >= 0.6 is 11.6 Å². The molecular formula is C35H32ClF6N7O2. The highest BCUT2D eigenvalue weighted by atomic mass is 35.5. The number of benzene rings is 1. The Morgan fingerprint density at radius 2 is 1.96 bits per heavy atom. The number of amides is 1. The van der Waals surface area contributed by atoms with E-state index < -0.39 is 63.3 Å². The molecule has 3 aromatic heterocycles. The monoisotopic (exact) mass is 731 g/mol. The van der Waals surface area contributed by atoms with E-state index in [-0.39, 0.29) is 61.1 Å². The Balaban J connectivity index is 1.24. The maximum Gasteiger partial charge on any atom is 0.418 e. The zero-order valence-electron chi connectivity index (χ0n) is 27.3. The summed E-state index contributed by atoms with van der Waals surface area (Å²) in [5, 5.41) is -0.554. The van der Waals surface area contributed by atoms with Crippen LogP contribution < -0.4 is 9.64 Å². The Morgan fingerprint density at radius 1 is 1.14 bits per heavy atom. The van der Waals surface area contributed by atoms with Crippen molar-refractivity contribution < 1.29 is 35.9 Å². The number of halogens is 7. The summed E-state index contributed by atoms with van der Waals surface area (Å²) >= 11 is 5.94. The summed E-state index contributed by atoms with van der Waals surface area (Å²) in [7, 11) is 1.65. The van der Waals surface area contributed by atoms with Gasteiger partial charge >= 0.3 is 12.2 Å². The molecule has 6 heterocycles. The first-order valence-corrected chi connectivity index (χ1v) is 16.8. The highest BCUT2D eigenvalue weighted by Gasteiger charge is 2.49. The van der Waals surface area contributed by atoms with Gasteiger partial charge in [0.15, 0.2) is 11.6 Å². The van der Waals surface area contributed by atoms with Crippen molar-refractivity contribution in [2.45, 2.75) is 49.6 Å². The molecule has 268 valence electrons. The third-order valence-electron chi connectivity index (χ3n) is 9.93. The Hall–Kier alpha value is -4.50. The highest BCUT2D eigenvalue weighted by molar-refractivity contribution is 6.31. The Bertz CT molecular complexity index is 2000. The van der Waals surface area contributed by atoms with Crippen LogP contribution in [0.15, 0.2) is 54.6 Å². The van der Waals surface area contributed by atoms with E-state index in [2.05, 4.69) is 19.9 Å². The second-order valence-electron chi connectivity index (χ2n) is 13.1. The molecule has 0 aliphatic carbocycles. The van der Waals surface area contributed by atoms with Crippen LogP contribution in [-0.2, 0) is 11.0 Å². The molecule has 3 fully saturated rings. The molecule has 0 bridgehead atoms. The molecule has 3 aliphatic rings. The molecule has 0 saturated carbocycles. The van der Waals surface area contributed by atoms with Gasteiger partial charge in [-0.3, -0.25) is 19.7 Å². The van der Waals surface area contributed by atoms with E-state index >= 15 is 4.39 Å². The summed E-state index contributed by atoms with van der Waals surface area (Å²) in [4.78, 5) is 35.0. The molecule has 51 heavy (non-hydrogen) atoms. The van der Waals surface area contributed by atoms with Crippen LogP contribution in [0.1, 0.15) is 36.9 Å². The zero-order valence-corrected chi connectivity index (χ0v) is 28.1.